The Bertz CT molecular complexity index is 1350. The summed E-state index contributed by atoms with van der Waals surface area (Å²) >= 11 is 0. The second kappa shape index (κ2) is 87.5. The van der Waals surface area contributed by atoms with Crippen LogP contribution in [-0.4, -0.2) is 303 Å². The molecule has 0 aliphatic rings. The Balaban J connectivity index is -0.000000197. The van der Waals surface area contributed by atoms with E-state index in [2.05, 4.69) is 86.4 Å². The third-order valence-corrected chi connectivity index (χ3v) is 15.1. The molecule has 596 valence electrons. The summed E-state index contributed by atoms with van der Waals surface area (Å²) in [5.74, 6) is 0. The monoisotopic (exact) mass is 1420 g/mol. The van der Waals surface area contributed by atoms with Gasteiger partial charge in [0.2, 0.25) is 0 Å². The van der Waals surface area contributed by atoms with Crippen molar-refractivity contribution in [1.82, 2.24) is 15.1 Å². The molecule has 0 aromatic carbocycles. The maximum Gasteiger partial charge on any atom is 0.101 e. The molecule has 0 bridgehead atoms. The van der Waals surface area contributed by atoms with Crippen LogP contribution in [0, 0.1) is 5.41 Å². The van der Waals surface area contributed by atoms with Gasteiger partial charge in [-0.3, -0.25) is 9.80 Å². The molecule has 0 saturated heterocycles. The number of ether oxygens (including phenoxy) is 8. The molecule has 0 aliphatic heterocycles. The standard InChI is InChI=1S/C13H29NO4.C12H27NO4.C12H27NO3.C11H24O4.C11H24O2.C8H18O2.C7H16O/c1-4-5-6-18-10-13(17)9-14(7-11(2)15)8-12(3)16;1-3-5-6-17-8-11(16)7-13-12(4-2,9-14)10-15;1-3-5-9-16-11-12(15)10-13(6-4-2)7-8-14;1-3-5-6-14-8-11(13)9-15-7-10(12)4-2;1-4-7-8-13-10-11(5-2,6-3)9-12;1-3-5-6-10-7-8(9)4-2;1-3-5-7-8-6-4-2/h11-13,15-17H,4-10H2,1-3H3;11,13-16H,3-10H2,1-2H3;12,14-15H,3-11H2,1-2H3;10-13H,3-9H2,1-2H3;12H,4-10H2,1-3H3;8-9H,3-7H2,1-2H3;3-7H2,1-2H3. The number of unbranched alkanes of at least 4 members (excludes halogenated alkanes) is 7. The molecule has 0 radical (unpaired) electrons. The van der Waals surface area contributed by atoms with Gasteiger partial charge in [0.1, 0.15) is 6.10 Å². The zero-order chi connectivity index (χ0) is 75.1. The van der Waals surface area contributed by atoms with Crippen molar-refractivity contribution in [1.29, 1.82) is 0 Å². The van der Waals surface area contributed by atoms with E-state index in [-0.39, 0.29) is 57.8 Å². The first-order valence-electron chi connectivity index (χ1n) is 38.2. The van der Waals surface area contributed by atoms with Gasteiger partial charge in [-0.1, -0.05) is 142 Å². The molecule has 0 heterocycles. The molecule has 8 unspecified atom stereocenters. The average molecular weight is 1420 g/mol. The first-order chi connectivity index (χ1) is 46.5. The van der Waals surface area contributed by atoms with Crippen molar-refractivity contribution in [2.45, 2.75) is 300 Å². The highest BCUT2D eigenvalue weighted by atomic mass is 16.5. The van der Waals surface area contributed by atoms with Gasteiger partial charge in [-0.05, 0) is 110 Å². The zero-order valence-corrected chi connectivity index (χ0v) is 65.6. The maximum absolute atomic E-state index is 9.81. The van der Waals surface area contributed by atoms with Crippen molar-refractivity contribution in [3.05, 3.63) is 0 Å². The highest BCUT2D eigenvalue weighted by Gasteiger charge is 2.27. The highest BCUT2D eigenvalue weighted by Crippen LogP contribution is 2.26. The SMILES string of the molecule is CCCCOCC(CC)(CC)CO.CCCCOCC(O)CC.CCCCOCC(O)CN(CC(C)O)CC(C)O.CCCCOCC(O)CN(CCC)CCO.CCCCOCC(O)CNC(CC)(CO)CO.CCCCOCC(O)COCC(O)CC.CCCCOCCC. The van der Waals surface area contributed by atoms with Gasteiger partial charge in [0, 0.05) is 97.5 Å². The summed E-state index contributed by atoms with van der Waals surface area (Å²) < 4.78 is 42.3. The van der Waals surface area contributed by atoms with Crippen molar-refractivity contribution in [2.75, 3.05) is 178 Å². The third-order valence-electron chi connectivity index (χ3n) is 15.1. The third kappa shape index (κ3) is 87.4. The fourth-order valence-electron chi connectivity index (χ4n) is 8.03. The van der Waals surface area contributed by atoms with Gasteiger partial charge in [0.15, 0.2) is 0 Å². The number of hydrogen-bond donors (Lipinski definition) is 13. The smallest absolute Gasteiger partial charge is 0.101 e. The van der Waals surface area contributed by atoms with E-state index >= 15 is 0 Å². The van der Waals surface area contributed by atoms with Crippen molar-refractivity contribution in [3.63, 3.8) is 0 Å². The fourth-order valence-corrected chi connectivity index (χ4v) is 8.03. The number of aliphatic hydroxyl groups excluding tert-OH is 12. The molecular formula is C74H165N3O20. The van der Waals surface area contributed by atoms with E-state index in [1.807, 2.05) is 25.7 Å². The molecule has 0 amide bonds. The van der Waals surface area contributed by atoms with Crippen LogP contribution in [0.25, 0.3) is 0 Å². The Hall–Kier alpha value is -0.920. The molecule has 0 fully saturated rings. The van der Waals surface area contributed by atoms with Crippen LogP contribution >= 0.6 is 0 Å². The second-order valence-electron chi connectivity index (χ2n) is 25.4. The lowest BCUT2D eigenvalue weighted by atomic mass is 9.84. The Morgan fingerprint density at radius 1 is 0.320 bits per heavy atom. The Morgan fingerprint density at radius 3 is 0.979 bits per heavy atom. The van der Waals surface area contributed by atoms with E-state index in [1.165, 1.54) is 19.3 Å². The van der Waals surface area contributed by atoms with Crippen LogP contribution in [0.1, 0.15) is 246 Å². The topological polar surface area (TPSA) is 335 Å². The summed E-state index contributed by atoms with van der Waals surface area (Å²) in [7, 11) is 0. The quantitative estimate of drug-likeness (QED) is 0.0254. The lowest BCUT2D eigenvalue weighted by Gasteiger charge is -2.30. The molecule has 13 N–H and O–H groups in total. The molecule has 23 nitrogen and oxygen atoms in total. The minimum atomic E-state index is -0.704. The van der Waals surface area contributed by atoms with Crippen LogP contribution in [0.5, 0.6) is 0 Å². The van der Waals surface area contributed by atoms with E-state index in [1.54, 1.807) is 13.8 Å². The van der Waals surface area contributed by atoms with Crippen LogP contribution in [0.2, 0.25) is 0 Å². The second-order valence-corrected chi connectivity index (χ2v) is 25.4. The molecule has 0 aliphatic carbocycles. The van der Waals surface area contributed by atoms with Gasteiger partial charge >= 0.3 is 0 Å². The number of aliphatic hydroxyl groups is 12. The summed E-state index contributed by atoms with van der Waals surface area (Å²) in [5.41, 5.74) is -0.696. The summed E-state index contributed by atoms with van der Waals surface area (Å²) in [4.78, 5) is 3.91. The van der Waals surface area contributed by atoms with Crippen molar-refractivity contribution >= 4 is 0 Å². The lowest BCUT2D eigenvalue weighted by Crippen LogP contribution is -2.53. The zero-order valence-electron chi connectivity index (χ0n) is 65.6. The molecule has 8 atom stereocenters. The average Bonchev–Trinajstić information content (AvgIpc) is 2.45. The van der Waals surface area contributed by atoms with Crippen LogP contribution in [0.4, 0.5) is 0 Å². The maximum atomic E-state index is 9.81. The van der Waals surface area contributed by atoms with Gasteiger partial charge in [-0.15, -0.1) is 0 Å². The van der Waals surface area contributed by atoms with Crippen LogP contribution in [0.3, 0.4) is 0 Å². The van der Waals surface area contributed by atoms with E-state index in [0.29, 0.717) is 105 Å². The number of β-amino-alcohol motifs (C(OH)–C–C–N with tert-alkyl or cyclic N) is 1. The van der Waals surface area contributed by atoms with Gasteiger partial charge in [0.25, 0.3) is 0 Å². The minimum Gasteiger partial charge on any atom is -0.396 e. The Labute approximate surface area is 595 Å². The highest BCUT2D eigenvalue weighted by molar-refractivity contribution is 4.86. The first-order valence-corrected chi connectivity index (χ1v) is 38.2. The van der Waals surface area contributed by atoms with Gasteiger partial charge in [-0.25, -0.2) is 0 Å². The van der Waals surface area contributed by atoms with E-state index in [4.69, 9.17) is 48.1 Å². The molecule has 0 aromatic heterocycles. The predicted molar refractivity (Wildman–Crippen MR) is 397 cm³/mol. The van der Waals surface area contributed by atoms with Crippen molar-refractivity contribution in [2.24, 2.45) is 5.41 Å². The normalized spacial score (nSPS) is 13.9. The van der Waals surface area contributed by atoms with E-state index in [0.717, 1.165) is 142 Å². The molecule has 0 aromatic rings. The largest absolute Gasteiger partial charge is 0.396 e. The van der Waals surface area contributed by atoms with Crippen molar-refractivity contribution < 1.29 is 99.2 Å². The summed E-state index contributed by atoms with van der Waals surface area (Å²) in [5, 5.41) is 115. The van der Waals surface area contributed by atoms with Crippen molar-refractivity contribution in [3.8, 4) is 0 Å². The number of nitrogens with zero attached hydrogens (tertiary/aromatic N) is 2. The first kappa shape index (κ1) is 109. The molecule has 97 heavy (non-hydrogen) atoms. The minimum absolute atomic E-state index is 0.00768. The van der Waals surface area contributed by atoms with Gasteiger partial charge < -0.3 is 104 Å². The summed E-state index contributed by atoms with van der Waals surface area (Å²) in [6, 6.07) is 0. The van der Waals surface area contributed by atoms with E-state index in [9.17, 15) is 51.1 Å². The Morgan fingerprint density at radius 2 is 0.660 bits per heavy atom. The summed E-state index contributed by atoms with van der Waals surface area (Å²) in [6.07, 6.45) is 17.7. The van der Waals surface area contributed by atoms with Crippen LogP contribution < -0.4 is 5.32 Å². The van der Waals surface area contributed by atoms with E-state index < -0.39 is 48.3 Å². The molecule has 0 rings (SSSR count). The molecule has 23 heteroatoms. The number of hydrogen-bond acceptors (Lipinski definition) is 23. The number of nitrogens with one attached hydrogen (secondary N) is 1. The van der Waals surface area contributed by atoms with Crippen LogP contribution in [-0.2, 0) is 37.9 Å². The lowest BCUT2D eigenvalue weighted by molar-refractivity contribution is -0.0399. The number of rotatable bonds is 62. The molecular weight excluding hydrogens is 1250 g/mol. The van der Waals surface area contributed by atoms with Gasteiger partial charge in [0.05, 0.1) is 128 Å². The molecule has 0 saturated carbocycles. The Kier molecular flexibility index (Phi) is 98.7. The van der Waals surface area contributed by atoms with Gasteiger partial charge in [-0.2, -0.15) is 0 Å². The predicted octanol–water partition coefficient (Wildman–Crippen LogP) is 8.32. The van der Waals surface area contributed by atoms with Crippen LogP contribution in [0.15, 0.2) is 0 Å². The fraction of sp³-hybridized carbons (Fsp3) is 1.00. The molecule has 0 spiro atoms. The summed E-state index contributed by atoms with van der Waals surface area (Å²) in [6.45, 7) is 45.4.